The number of anilines is 1. The van der Waals surface area contributed by atoms with E-state index in [1.165, 1.54) is 35.9 Å². The monoisotopic (exact) mass is 522 g/mol. The number of aryl methyl sites for hydroxylation is 2. The molecule has 2 heterocycles. The van der Waals surface area contributed by atoms with Crippen LogP contribution in [-0.2, 0) is 43.6 Å². The van der Waals surface area contributed by atoms with Crippen molar-refractivity contribution < 1.29 is 32.2 Å². The zero-order valence-corrected chi connectivity index (χ0v) is 21.6. The molecule has 190 valence electrons. The van der Waals surface area contributed by atoms with Gasteiger partial charge >= 0.3 is 5.97 Å². The van der Waals surface area contributed by atoms with E-state index in [4.69, 9.17) is 14.2 Å². The second kappa shape index (κ2) is 11.1. The summed E-state index contributed by atoms with van der Waals surface area (Å²) in [6, 6.07) is 4.70. The molecule has 2 aromatic rings. The summed E-state index contributed by atoms with van der Waals surface area (Å²) in [5.41, 5.74) is 2.05. The van der Waals surface area contributed by atoms with Crippen LogP contribution in [0.3, 0.4) is 0 Å². The Kier molecular flexibility index (Phi) is 8.10. The van der Waals surface area contributed by atoms with E-state index in [0.717, 1.165) is 36.1 Å². The van der Waals surface area contributed by atoms with Crippen molar-refractivity contribution in [3.05, 3.63) is 39.8 Å². The van der Waals surface area contributed by atoms with E-state index in [2.05, 4.69) is 5.32 Å². The number of fused-ring (bicyclic) bond motifs is 1. The summed E-state index contributed by atoms with van der Waals surface area (Å²) >= 11 is 1.43. The van der Waals surface area contributed by atoms with Crippen LogP contribution in [0.15, 0.2) is 23.1 Å². The fourth-order valence-corrected chi connectivity index (χ4v) is 7.21. The first kappa shape index (κ1) is 25.6. The molecule has 1 aromatic heterocycles. The van der Waals surface area contributed by atoms with E-state index in [9.17, 15) is 18.0 Å². The fraction of sp³-hybridized carbons (Fsp3) is 0.500. The molecular formula is C24H30N2O7S2. The summed E-state index contributed by atoms with van der Waals surface area (Å²) in [4.78, 5) is 26.6. The molecule has 1 fully saturated rings. The Hall–Kier alpha value is -2.47. The Bertz CT molecular complexity index is 1200. The van der Waals surface area contributed by atoms with Crippen molar-refractivity contribution in [2.75, 3.05) is 45.8 Å². The summed E-state index contributed by atoms with van der Waals surface area (Å²) in [5.74, 6) is -0.194. The Morgan fingerprint density at radius 2 is 1.89 bits per heavy atom. The number of nitrogens with one attached hydrogen (secondary N) is 1. The van der Waals surface area contributed by atoms with Crippen molar-refractivity contribution in [1.82, 2.24) is 4.31 Å². The van der Waals surface area contributed by atoms with Crippen molar-refractivity contribution in [1.29, 1.82) is 0 Å². The van der Waals surface area contributed by atoms with Crippen LogP contribution in [0.25, 0.3) is 0 Å². The molecule has 1 amide bonds. The van der Waals surface area contributed by atoms with Crippen LogP contribution in [0, 0.1) is 0 Å². The van der Waals surface area contributed by atoms with Crippen LogP contribution >= 0.6 is 11.3 Å². The molecule has 0 radical (unpaired) electrons. The molecule has 4 rings (SSSR count). The van der Waals surface area contributed by atoms with Crippen molar-refractivity contribution in [3.8, 4) is 5.75 Å². The summed E-state index contributed by atoms with van der Waals surface area (Å²) in [6.45, 7) is 1.34. The Labute approximate surface area is 209 Å². The third-order valence-corrected chi connectivity index (χ3v) is 9.40. The van der Waals surface area contributed by atoms with Crippen LogP contribution in [0.4, 0.5) is 5.00 Å². The van der Waals surface area contributed by atoms with Gasteiger partial charge in [0, 0.05) is 24.4 Å². The summed E-state index contributed by atoms with van der Waals surface area (Å²) in [5, 5.41) is 3.40. The standard InChI is InChI=1S/C24H30N2O7S2/c1-31-19-9-8-17(35(29,30)26-11-13-33-14-12-26)15-16(19)7-10-21(27)25-23-22(24(28)32-2)18-5-3-4-6-20(18)34-23/h8-9,15H,3-7,10-14H2,1-2H3,(H,25,27). The zero-order valence-electron chi connectivity index (χ0n) is 19.9. The van der Waals surface area contributed by atoms with E-state index >= 15 is 0 Å². The van der Waals surface area contributed by atoms with Gasteiger partial charge < -0.3 is 19.5 Å². The highest BCUT2D eigenvalue weighted by molar-refractivity contribution is 7.89. The van der Waals surface area contributed by atoms with Gasteiger partial charge in [0.2, 0.25) is 15.9 Å². The molecule has 9 nitrogen and oxygen atoms in total. The first-order chi connectivity index (χ1) is 16.8. The van der Waals surface area contributed by atoms with Gasteiger partial charge in [-0.15, -0.1) is 11.3 Å². The lowest BCUT2D eigenvalue weighted by Gasteiger charge is -2.26. The van der Waals surface area contributed by atoms with Crippen molar-refractivity contribution in [3.63, 3.8) is 0 Å². The summed E-state index contributed by atoms with van der Waals surface area (Å²) in [7, 11) is -0.823. The minimum absolute atomic E-state index is 0.0978. The number of carbonyl (C=O) groups excluding carboxylic acids is 2. The van der Waals surface area contributed by atoms with Gasteiger partial charge in [-0.05, 0) is 61.4 Å². The van der Waals surface area contributed by atoms with E-state index in [1.54, 1.807) is 12.1 Å². The van der Waals surface area contributed by atoms with Crippen LogP contribution < -0.4 is 10.1 Å². The summed E-state index contributed by atoms with van der Waals surface area (Å²) < 4.78 is 43.2. The number of nitrogens with zero attached hydrogens (tertiary/aromatic N) is 1. The molecule has 1 N–H and O–H groups in total. The quantitative estimate of drug-likeness (QED) is 0.531. The number of rotatable bonds is 8. The lowest BCUT2D eigenvalue weighted by molar-refractivity contribution is -0.116. The number of methoxy groups -OCH3 is 2. The Balaban J connectivity index is 1.50. The van der Waals surface area contributed by atoms with E-state index < -0.39 is 16.0 Å². The normalized spacial score (nSPS) is 16.4. The van der Waals surface area contributed by atoms with Gasteiger partial charge in [-0.25, -0.2) is 13.2 Å². The molecule has 2 aliphatic rings. The third-order valence-electron chi connectivity index (χ3n) is 6.29. The van der Waals surface area contributed by atoms with Gasteiger partial charge in [0.15, 0.2) is 0 Å². The van der Waals surface area contributed by atoms with Gasteiger partial charge in [0.25, 0.3) is 0 Å². The highest BCUT2D eigenvalue weighted by Gasteiger charge is 2.28. The molecule has 0 bridgehead atoms. The van der Waals surface area contributed by atoms with Gasteiger partial charge in [0.1, 0.15) is 10.8 Å². The minimum Gasteiger partial charge on any atom is -0.496 e. The number of amides is 1. The van der Waals surface area contributed by atoms with Crippen LogP contribution in [-0.4, -0.2) is 65.1 Å². The highest BCUT2D eigenvalue weighted by Crippen LogP contribution is 2.38. The first-order valence-electron chi connectivity index (χ1n) is 11.6. The topological polar surface area (TPSA) is 111 Å². The third kappa shape index (κ3) is 5.53. The maximum atomic E-state index is 13.1. The number of esters is 1. The number of benzene rings is 1. The molecule has 1 saturated heterocycles. The number of sulfonamides is 1. The molecule has 11 heteroatoms. The van der Waals surface area contributed by atoms with Crippen molar-refractivity contribution in [2.24, 2.45) is 0 Å². The lowest BCUT2D eigenvalue weighted by atomic mass is 9.95. The molecule has 1 aliphatic heterocycles. The zero-order chi connectivity index (χ0) is 25.0. The van der Waals surface area contributed by atoms with Gasteiger partial charge in [-0.2, -0.15) is 4.31 Å². The lowest BCUT2D eigenvalue weighted by Crippen LogP contribution is -2.40. The molecule has 1 aliphatic carbocycles. The number of hydrogen-bond acceptors (Lipinski definition) is 8. The second-order valence-electron chi connectivity index (χ2n) is 8.44. The minimum atomic E-state index is -3.67. The van der Waals surface area contributed by atoms with Crippen LogP contribution in [0.1, 0.15) is 45.6 Å². The van der Waals surface area contributed by atoms with Crippen molar-refractivity contribution >= 4 is 38.2 Å². The molecule has 1 aromatic carbocycles. The van der Waals surface area contributed by atoms with Gasteiger partial charge in [-0.1, -0.05) is 0 Å². The molecule has 0 spiro atoms. The largest absolute Gasteiger partial charge is 0.496 e. The van der Waals surface area contributed by atoms with E-state index in [-0.39, 0.29) is 23.6 Å². The Morgan fingerprint density at radius 3 is 2.60 bits per heavy atom. The predicted octanol–water partition coefficient (Wildman–Crippen LogP) is 3.01. The smallest absolute Gasteiger partial charge is 0.341 e. The Morgan fingerprint density at radius 1 is 1.14 bits per heavy atom. The number of carbonyl (C=O) groups is 2. The first-order valence-corrected chi connectivity index (χ1v) is 13.9. The molecule has 0 atom stereocenters. The SMILES string of the molecule is COC(=O)c1c(NC(=O)CCc2cc(S(=O)(=O)N3CCOCC3)ccc2OC)sc2c1CCCC2. The predicted molar refractivity (Wildman–Crippen MR) is 132 cm³/mol. The number of hydrogen-bond donors (Lipinski definition) is 1. The second-order valence-corrected chi connectivity index (χ2v) is 11.5. The molecular weight excluding hydrogens is 492 g/mol. The van der Waals surface area contributed by atoms with Gasteiger partial charge in [0.05, 0.1) is 37.9 Å². The average Bonchev–Trinajstić information content (AvgIpc) is 3.25. The summed E-state index contributed by atoms with van der Waals surface area (Å²) in [6.07, 6.45) is 4.13. The van der Waals surface area contributed by atoms with Crippen LogP contribution in [0.5, 0.6) is 5.75 Å². The van der Waals surface area contributed by atoms with Crippen LogP contribution in [0.2, 0.25) is 0 Å². The number of thiophene rings is 1. The molecule has 0 saturated carbocycles. The molecule has 35 heavy (non-hydrogen) atoms. The van der Waals surface area contributed by atoms with E-state index in [0.29, 0.717) is 48.2 Å². The van der Waals surface area contributed by atoms with E-state index in [1.807, 2.05) is 0 Å². The van der Waals surface area contributed by atoms with Crippen molar-refractivity contribution in [2.45, 2.75) is 43.4 Å². The average molecular weight is 523 g/mol. The number of morpholine rings is 1. The molecule has 0 unspecified atom stereocenters. The maximum Gasteiger partial charge on any atom is 0.341 e. The number of ether oxygens (including phenoxy) is 3. The van der Waals surface area contributed by atoms with Gasteiger partial charge in [-0.3, -0.25) is 4.79 Å². The highest BCUT2D eigenvalue weighted by atomic mass is 32.2. The fourth-order valence-electron chi connectivity index (χ4n) is 4.46. The maximum absolute atomic E-state index is 13.1.